The molecule has 0 aliphatic carbocycles. The predicted octanol–water partition coefficient (Wildman–Crippen LogP) is 2.64. The quantitative estimate of drug-likeness (QED) is 0.701. The third-order valence-corrected chi connectivity index (χ3v) is 2.18. The molecule has 1 aromatic carbocycles. The molecular formula is C12H9O3. The standard InChI is InChI=1S/C12H9O3/c1-7(13)9-3-4-10-6-11(8(2)14)15-12(10)5-9/h3,5-6H,1-2H3. The summed E-state index contributed by atoms with van der Waals surface area (Å²) in [5.41, 5.74) is 1.06. The number of furan rings is 1. The molecule has 1 heterocycles. The van der Waals surface area contributed by atoms with Gasteiger partial charge in [-0.25, -0.2) is 0 Å². The van der Waals surface area contributed by atoms with Crippen molar-refractivity contribution in [1.29, 1.82) is 0 Å². The average molecular weight is 201 g/mol. The van der Waals surface area contributed by atoms with Crippen LogP contribution in [0.5, 0.6) is 0 Å². The molecule has 2 rings (SSSR count). The lowest BCUT2D eigenvalue weighted by atomic mass is 10.1. The fraction of sp³-hybridized carbons (Fsp3) is 0.167. The van der Waals surface area contributed by atoms with Crippen molar-refractivity contribution < 1.29 is 14.0 Å². The zero-order valence-electron chi connectivity index (χ0n) is 8.46. The van der Waals surface area contributed by atoms with Crippen LogP contribution in [0.3, 0.4) is 0 Å². The molecule has 0 unspecified atom stereocenters. The Kier molecular flexibility index (Phi) is 2.15. The van der Waals surface area contributed by atoms with E-state index in [1.807, 2.05) is 0 Å². The fourth-order valence-electron chi connectivity index (χ4n) is 1.34. The summed E-state index contributed by atoms with van der Waals surface area (Å²) in [6, 6.07) is 7.76. The van der Waals surface area contributed by atoms with Crippen molar-refractivity contribution in [2.75, 3.05) is 0 Å². The van der Waals surface area contributed by atoms with Crippen LogP contribution < -0.4 is 0 Å². The Labute approximate surface area is 86.7 Å². The Morgan fingerprint density at radius 2 is 1.93 bits per heavy atom. The molecule has 3 nitrogen and oxygen atoms in total. The van der Waals surface area contributed by atoms with E-state index in [4.69, 9.17) is 4.42 Å². The molecule has 2 aromatic rings. The number of Topliss-reactive ketones (excluding diaryl/α,β-unsaturated/α-hetero) is 2. The van der Waals surface area contributed by atoms with Crippen molar-refractivity contribution in [2.24, 2.45) is 0 Å². The van der Waals surface area contributed by atoms with Crippen LogP contribution in [-0.2, 0) is 0 Å². The van der Waals surface area contributed by atoms with Crippen LogP contribution in [0, 0.1) is 6.07 Å². The molecule has 0 saturated carbocycles. The Hall–Kier alpha value is -1.90. The maximum Gasteiger partial charge on any atom is 0.194 e. The normalized spacial score (nSPS) is 10.5. The highest BCUT2D eigenvalue weighted by atomic mass is 16.3. The van der Waals surface area contributed by atoms with Crippen LogP contribution >= 0.6 is 0 Å². The second-order valence-electron chi connectivity index (χ2n) is 3.39. The highest BCUT2D eigenvalue weighted by Crippen LogP contribution is 2.20. The molecule has 0 spiro atoms. The maximum absolute atomic E-state index is 11.1. The summed E-state index contributed by atoms with van der Waals surface area (Å²) in [7, 11) is 0. The van der Waals surface area contributed by atoms with Crippen molar-refractivity contribution in [1.82, 2.24) is 0 Å². The molecule has 0 bridgehead atoms. The lowest BCUT2D eigenvalue weighted by Crippen LogP contribution is -1.89. The second kappa shape index (κ2) is 3.35. The molecule has 0 saturated heterocycles. The number of hydrogen-bond acceptors (Lipinski definition) is 3. The summed E-state index contributed by atoms with van der Waals surface area (Å²) in [5.74, 6) is 0.111. The van der Waals surface area contributed by atoms with Crippen molar-refractivity contribution in [3.63, 3.8) is 0 Å². The van der Waals surface area contributed by atoms with Gasteiger partial charge in [-0.15, -0.1) is 0 Å². The molecule has 0 aliphatic rings. The van der Waals surface area contributed by atoms with E-state index in [2.05, 4.69) is 6.07 Å². The van der Waals surface area contributed by atoms with E-state index in [-0.39, 0.29) is 11.6 Å². The van der Waals surface area contributed by atoms with Gasteiger partial charge in [0.05, 0.1) is 0 Å². The van der Waals surface area contributed by atoms with Gasteiger partial charge in [-0.1, -0.05) is 0 Å². The average Bonchev–Trinajstić information content (AvgIpc) is 2.59. The number of rotatable bonds is 2. The second-order valence-corrected chi connectivity index (χ2v) is 3.39. The van der Waals surface area contributed by atoms with Crippen molar-refractivity contribution in [3.8, 4) is 0 Å². The third kappa shape index (κ3) is 1.68. The van der Waals surface area contributed by atoms with Gasteiger partial charge in [0, 0.05) is 17.9 Å². The van der Waals surface area contributed by atoms with E-state index in [0.29, 0.717) is 22.3 Å². The molecule has 15 heavy (non-hydrogen) atoms. The van der Waals surface area contributed by atoms with Gasteiger partial charge in [0.2, 0.25) is 0 Å². The number of hydrogen-bond donors (Lipinski definition) is 0. The SMILES string of the molecule is CC(=O)c1c[c]c2cc(C(C)=O)oc2c1. The van der Waals surface area contributed by atoms with E-state index in [0.717, 1.165) is 0 Å². The minimum atomic E-state index is -0.135. The van der Waals surface area contributed by atoms with Crippen LogP contribution in [0.25, 0.3) is 11.0 Å². The maximum atomic E-state index is 11.1. The zero-order valence-corrected chi connectivity index (χ0v) is 8.46. The number of carbonyl (C=O) groups excluding carboxylic acids is 2. The Morgan fingerprint density at radius 3 is 2.53 bits per heavy atom. The Balaban J connectivity index is 2.62. The first-order valence-electron chi connectivity index (χ1n) is 4.55. The van der Waals surface area contributed by atoms with Gasteiger partial charge in [0.1, 0.15) is 5.58 Å². The van der Waals surface area contributed by atoms with Crippen LogP contribution in [-0.4, -0.2) is 11.6 Å². The molecule has 0 N–H and O–H groups in total. The molecule has 0 atom stereocenters. The lowest BCUT2D eigenvalue weighted by Gasteiger charge is -1.93. The molecular weight excluding hydrogens is 192 g/mol. The number of benzene rings is 1. The molecule has 0 amide bonds. The van der Waals surface area contributed by atoms with Crippen LogP contribution in [0.15, 0.2) is 22.6 Å². The van der Waals surface area contributed by atoms with Crippen molar-refractivity contribution in [2.45, 2.75) is 13.8 Å². The van der Waals surface area contributed by atoms with Crippen molar-refractivity contribution >= 4 is 22.5 Å². The molecule has 1 aromatic heterocycles. The number of ketones is 2. The van der Waals surface area contributed by atoms with E-state index in [1.54, 1.807) is 18.2 Å². The van der Waals surface area contributed by atoms with Crippen molar-refractivity contribution in [3.05, 3.63) is 35.6 Å². The van der Waals surface area contributed by atoms with Gasteiger partial charge in [0.25, 0.3) is 0 Å². The van der Waals surface area contributed by atoms with Gasteiger partial charge >= 0.3 is 0 Å². The van der Waals surface area contributed by atoms with E-state index in [9.17, 15) is 9.59 Å². The van der Waals surface area contributed by atoms with Gasteiger partial charge in [-0.2, -0.15) is 0 Å². The molecule has 0 fully saturated rings. The van der Waals surface area contributed by atoms with E-state index in [1.165, 1.54) is 13.8 Å². The fourth-order valence-corrected chi connectivity index (χ4v) is 1.34. The first-order valence-corrected chi connectivity index (χ1v) is 4.55. The molecule has 75 valence electrons. The lowest BCUT2D eigenvalue weighted by molar-refractivity contribution is 0.0987. The number of carbonyl (C=O) groups is 2. The molecule has 0 aliphatic heterocycles. The summed E-state index contributed by atoms with van der Waals surface area (Å²) in [6.45, 7) is 2.91. The van der Waals surface area contributed by atoms with Gasteiger partial charge in [-0.3, -0.25) is 9.59 Å². The van der Waals surface area contributed by atoms with Gasteiger partial charge in [0.15, 0.2) is 17.3 Å². The third-order valence-electron chi connectivity index (χ3n) is 2.18. The van der Waals surface area contributed by atoms with E-state index < -0.39 is 0 Å². The topological polar surface area (TPSA) is 47.3 Å². The summed E-state index contributed by atoms with van der Waals surface area (Å²) in [6.07, 6.45) is 0. The van der Waals surface area contributed by atoms with Gasteiger partial charge < -0.3 is 4.42 Å². The molecule has 1 radical (unpaired) electrons. The summed E-state index contributed by atoms with van der Waals surface area (Å²) >= 11 is 0. The van der Waals surface area contributed by atoms with Crippen LogP contribution in [0.1, 0.15) is 34.8 Å². The first kappa shape index (κ1) is 9.65. The summed E-state index contributed by atoms with van der Waals surface area (Å²) in [4.78, 5) is 22.2. The Bertz CT molecular complexity index is 537. The highest BCUT2D eigenvalue weighted by molar-refractivity contribution is 5.99. The van der Waals surface area contributed by atoms with Gasteiger partial charge in [-0.05, 0) is 31.2 Å². The first-order chi connectivity index (χ1) is 7.08. The largest absolute Gasteiger partial charge is 0.453 e. The molecule has 3 heteroatoms. The zero-order chi connectivity index (χ0) is 11.0. The minimum absolute atomic E-state index is 0.0473. The highest BCUT2D eigenvalue weighted by Gasteiger charge is 2.09. The van der Waals surface area contributed by atoms with E-state index >= 15 is 0 Å². The summed E-state index contributed by atoms with van der Waals surface area (Å²) in [5, 5.41) is 0.713. The number of fused-ring (bicyclic) bond motifs is 1. The van der Waals surface area contributed by atoms with Crippen LogP contribution in [0.2, 0.25) is 0 Å². The smallest absolute Gasteiger partial charge is 0.194 e. The summed E-state index contributed by atoms with van der Waals surface area (Å²) < 4.78 is 5.29. The minimum Gasteiger partial charge on any atom is -0.453 e. The Morgan fingerprint density at radius 1 is 1.20 bits per heavy atom. The monoisotopic (exact) mass is 201 g/mol. The van der Waals surface area contributed by atoms with Crippen LogP contribution in [0.4, 0.5) is 0 Å². The predicted molar refractivity (Wildman–Crippen MR) is 55.1 cm³/mol.